The Morgan fingerprint density at radius 2 is 0.564 bits per heavy atom. The molecule has 0 N–H and O–H groups in total. The lowest BCUT2D eigenvalue weighted by molar-refractivity contribution is 1.28. The predicted octanol–water partition coefficient (Wildman–Crippen LogP) is 15.2. The fourth-order valence-electron chi connectivity index (χ4n) is 7.55. The Labute approximate surface area is 324 Å². The first kappa shape index (κ1) is 33.6. The van der Waals surface area contributed by atoms with Gasteiger partial charge in [0.2, 0.25) is 0 Å². The van der Waals surface area contributed by atoms with E-state index in [0.717, 1.165) is 39.3 Å². The number of hydrogen-bond acceptors (Lipinski definition) is 1. The Morgan fingerprint density at radius 3 is 1.05 bits per heavy atom. The molecular weight excluding hydrogens is 663 g/mol. The second kappa shape index (κ2) is 15.4. The van der Waals surface area contributed by atoms with Crippen LogP contribution in [0.4, 0.5) is 17.1 Å². The molecule has 0 saturated heterocycles. The summed E-state index contributed by atoms with van der Waals surface area (Å²) in [4.78, 5) is 2.43. The van der Waals surface area contributed by atoms with Gasteiger partial charge in [-0.2, -0.15) is 0 Å². The van der Waals surface area contributed by atoms with Gasteiger partial charge >= 0.3 is 0 Å². The first-order valence-electron chi connectivity index (χ1n) is 18.8. The number of hydrogen-bond donors (Lipinski definition) is 0. The Balaban J connectivity index is 1.29. The first-order chi connectivity index (χ1) is 27.3. The van der Waals surface area contributed by atoms with E-state index in [1.165, 1.54) is 44.5 Å². The van der Waals surface area contributed by atoms with E-state index >= 15 is 0 Å². The maximum Gasteiger partial charge on any atom is 0.0540 e. The molecule has 9 aromatic rings. The quantitative estimate of drug-likeness (QED) is 0.145. The fourth-order valence-corrected chi connectivity index (χ4v) is 7.55. The molecule has 0 aromatic heterocycles. The van der Waals surface area contributed by atoms with Gasteiger partial charge in [0, 0.05) is 16.9 Å². The third-order valence-corrected chi connectivity index (χ3v) is 10.3. The lowest BCUT2D eigenvalue weighted by Crippen LogP contribution is -2.12. The standard InChI is InChI=1S/C54H39N/c1-6-18-40(19-7-1)43-30-33-49(34-31-43)55(50-37-47(41-20-8-2-9-21-41)36-48(38-50)42-22-10-3-11-23-42)54-35-32-46(39-53(54)45-26-14-5-15-27-45)52-29-17-16-28-51(52)44-24-12-4-13-25-44/h1-39H. The van der Waals surface area contributed by atoms with Gasteiger partial charge in [-0.3, -0.25) is 0 Å². The van der Waals surface area contributed by atoms with Gasteiger partial charge in [-0.25, -0.2) is 0 Å². The summed E-state index contributed by atoms with van der Waals surface area (Å²) in [6.45, 7) is 0. The molecule has 0 aliphatic heterocycles. The average molecular weight is 702 g/mol. The minimum atomic E-state index is 1.08. The van der Waals surface area contributed by atoms with Crippen molar-refractivity contribution in [1.82, 2.24) is 0 Å². The molecule has 0 unspecified atom stereocenters. The number of nitrogens with zero attached hydrogens (tertiary/aromatic N) is 1. The van der Waals surface area contributed by atoms with Crippen molar-refractivity contribution in [1.29, 1.82) is 0 Å². The fraction of sp³-hybridized carbons (Fsp3) is 0. The van der Waals surface area contributed by atoms with Crippen LogP contribution in [0.15, 0.2) is 237 Å². The zero-order valence-corrected chi connectivity index (χ0v) is 30.5. The van der Waals surface area contributed by atoms with Crippen LogP contribution in [0.2, 0.25) is 0 Å². The first-order valence-corrected chi connectivity index (χ1v) is 18.8. The summed E-state index contributed by atoms with van der Waals surface area (Å²) in [5.41, 5.74) is 17.4. The Morgan fingerprint density at radius 1 is 0.200 bits per heavy atom. The van der Waals surface area contributed by atoms with Crippen LogP contribution in [0.5, 0.6) is 0 Å². The molecular formula is C54H39N. The topological polar surface area (TPSA) is 3.24 Å². The van der Waals surface area contributed by atoms with E-state index in [-0.39, 0.29) is 0 Å². The Hall–Kier alpha value is -7.22. The van der Waals surface area contributed by atoms with E-state index in [2.05, 4.69) is 241 Å². The summed E-state index contributed by atoms with van der Waals surface area (Å²) < 4.78 is 0. The molecule has 0 saturated carbocycles. The molecule has 0 atom stereocenters. The summed E-state index contributed by atoms with van der Waals surface area (Å²) in [7, 11) is 0. The summed E-state index contributed by atoms with van der Waals surface area (Å²) in [5, 5.41) is 0. The van der Waals surface area contributed by atoms with Crippen molar-refractivity contribution in [2.24, 2.45) is 0 Å². The highest BCUT2D eigenvalue weighted by atomic mass is 15.1. The second-order valence-electron chi connectivity index (χ2n) is 13.8. The summed E-state index contributed by atoms with van der Waals surface area (Å²) in [6, 6.07) is 85.1. The molecule has 0 spiro atoms. The van der Waals surface area contributed by atoms with E-state index in [1.807, 2.05) is 0 Å². The van der Waals surface area contributed by atoms with Gasteiger partial charge < -0.3 is 4.90 Å². The van der Waals surface area contributed by atoms with Crippen LogP contribution in [0.3, 0.4) is 0 Å². The van der Waals surface area contributed by atoms with Crippen LogP contribution < -0.4 is 4.90 Å². The molecule has 0 fully saturated rings. The van der Waals surface area contributed by atoms with Crippen LogP contribution in [-0.2, 0) is 0 Å². The number of anilines is 3. The zero-order chi connectivity index (χ0) is 36.8. The highest BCUT2D eigenvalue weighted by Crippen LogP contribution is 2.46. The van der Waals surface area contributed by atoms with E-state index < -0.39 is 0 Å². The molecule has 1 nitrogen and oxygen atoms in total. The maximum absolute atomic E-state index is 2.43. The van der Waals surface area contributed by atoms with Gasteiger partial charge in [-0.05, 0) is 104 Å². The lowest BCUT2D eigenvalue weighted by atomic mass is 9.91. The monoisotopic (exact) mass is 701 g/mol. The van der Waals surface area contributed by atoms with Crippen molar-refractivity contribution in [2.75, 3.05) is 4.90 Å². The highest BCUT2D eigenvalue weighted by Gasteiger charge is 2.21. The average Bonchev–Trinajstić information content (AvgIpc) is 3.28. The van der Waals surface area contributed by atoms with Crippen LogP contribution >= 0.6 is 0 Å². The minimum Gasteiger partial charge on any atom is -0.310 e. The molecule has 0 aliphatic carbocycles. The highest BCUT2D eigenvalue weighted by molar-refractivity contribution is 5.94. The van der Waals surface area contributed by atoms with Crippen LogP contribution in [0.1, 0.15) is 0 Å². The second-order valence-corrected chi connectivity index (χ2v) is 13.8. The van der Waals surface area contributed by atoms with Crippen molar-refractivity contribution in [3.8, 4) is 66.8 Å². The smallest absolute Gasteiger partial charge is 0.0540 e. The van der Waals surface area contributed by atoms with Crippen LogP contribution in [-0.4, -0.2) is 0 Å². The van der Waals surface area contributed by atoms with E-state index in [9.17, 15) is 0 Å². The molecule has 0 heterocycles. The lowest BCUT2D eigenvalue weighted by Gasteiger charge is -2.30. The summed E-state index contributed by atoms with van der Waals surface area (Å²) >= 11 is 0. The molecule has 9 rings (SSSR count). The summed E-state index contributed by atoms with van der Waals surface area (Å²) in [6.07, 6.45) is 0. The number of rotatable bonds is 9. The van der Waals surface area contributed by atoms with Gasteiger partial charge in [0.15, 0.2) is 0 Å². The Kier molecular flexibility index (Phi) is 9.41. The van der Waals surface area contributed by atoms with Crippen molar-refractivity contribution in [3.05, 3.63) is 237 Å². The maximum atomic E-state index is 2.43. The van der Waals surface area contributed by atoms with Crippen molar-refractivity contribution in [3.63, 3.8) is 0 Å². The molecule has 1 heteroatoms. The van der Waals surface area contributed by atoms with Gasteiger partial charge in [0.25, 0.3) is 0 Å². The molecule has 0 radical (unpaired) electrons. The largest absolute Gasteiger partial charge is 0.310 e. The molecule has 55 heavy (non-hydrogen) atoms. The van der Waals surface area contributed by atoms with Gasteiger partial charge in [-0.1, -0.05) is 194 Å². The summed E-state index contributed by atoms with van der Waals surface area (Å²) in [5.74, 6) is 0. The zero-order valence-electron chi connectivity index (χ0n) is 30.5. The number of benzene rings is 9. The van der Waals surface area contributed by atoms with Crippen molar-refractivity contribution >= 4 is 17.1 Å². The van der Waals surface area contributed by atoms with Crippen molar-refractivity contribution in [2.45, 2.75) is 0 Å². The Bertz CT molecular complexity index is 2590. The third-order valence-electron chi connectivity index (χ3n) is 10.3. The van der Waals surface area contributed by atoms with Crippen LogP contribution in [0.25, 0.3) is 66.8 Å². The molecule has 260 valence electrons. The molecule has 0 bridgehead atoms. The molecule has 0 amide bonds. The van der Waals surface area contributed by atoms with Crippen LogP contribution in [0, 0.1) is 0 Å². The van der Waals surface area contributed by atoms with E-state index in [1.54, 1.807) is 0 Å². The normalized spacial score (nSPS) is 10.9. The third kappa shape index (κ3) is 7.12. The van der Waals surface area contributed by atoms with Crippen molar-refractivity contribution < 1.29 is 0 Å². The van der Waals surface area contributed by atoms with Gasteiger partial charge in [0.05, 0.1) is 5.69 Å². The molecule has 0 aliphatic rings. The minimum absolute atomic E-state index is 1.08. The predicted molar refractivity (Wildman–Crippen MR) is 234 cm³/mol. The molecule has 9 aromatic carbocycles. The van der Waals surface area contributed by atoms with E-state index in [4.69, 9.17) is 0 Å². The van der Waals surface area contributed by atoms with Gasteiger partial charge in [-0.15, -0.1) is 0 Å². The van der Waals surface area contributed by atoms with E-state index in [0.29, 0.717) is 0 Å². The van der Waals surface area contributed by atoms with Gasteiger partial charge in [0.1, 0.15) is 0 Å². The SMILES string of the molecule is c1ccc(-c2ccc(N(c3cc(-c4ccccc4)cc(-c4ccccc4)c3)c3ccc(-c4ccccc4-c4ccccc4)cc3-c3ccccc3)cc2)cc1.